The van der Waals surface area contributed by atoms with Crippen LogP contribution in [0, 0.1) is 6.92 Å². The maximum absolute atomic E-state index is 12.6. The third kappa shape index (κ3) is 3.83. The number of rotatable bonds is 5. The molecule has 1 amide bonds. The van der Waals surface area contributed by atoms with Crippen LogP contribution >= 0.6 is 34.7 Å². The van der Waals surface area contributed by atoms with Crippen LogP contribution in [0.4, 0.5) is 5.69 Å². The number of hydrogen-bond acceptors (Lipinski definition) is 6. The molecule has 0 saturated heterocycles. The first-order chi connectivity index (χ1) is 13.6. The Morgan fingerprint density at radius 3 is 2.96 bits per heavy atom. The molecule has 1 N–H and O–H groups in total. The van der Waals surface area contributed by atoms with Crippen LogP contribution in [0.25, 0.3) is 10.2 Å². The molecule has 2 aromatic heterocycles. The first-order valence-corrected chi connectivity index (χ1v) is 11.3. The minimum Gasteiger partial charge on any atom is -0.495 e. The van der Waals surface area contributed by atoms with Gasteiger partial charge >= 0.3 is 0 Å². The number of carbonyl (C=O) groups is 1. The topological polar surface area (TPSA) is 64.1 Å². The first kappa shape index (κ1) is 19.5. The molecule has 28 heavy (non-hydrogen) atoms. The second-order valence-corrected chi connectivity index (χ2v) is 9.16. The van der Waals surface area contributed by atoms with E-state index in [9.17, 15) is 4.79 Å². The Labute approximate surface area is 176 Å². The van der Waals surface area contributed by atoms with E-state index in [1.807, 2.05) is 13.0 Å². The van der Waals surface area contributed by atoms with Gasteiger partial charge in [-0.05, 0) is 49.8 Å². The third-order valence-electron chi connectivity index (χ3n) is 4.81. The van der Waals surface area contributed by atoms with E-state index in [-0.39, 0.29) is 11.7 Å². The van der Waals surface area contributed by atoms with Crippen molar-refractivity contribution in [2.45, 2.75) is 37.6 Å². The number of amides is 1. The summed E-state index contributed by atoms with van der Waals surface area (Å²) >= 11 is 9.35. The molecule has 0 atom stereocenters. The summed E-state index contributed by atoms with van der Waals surface area (Å²) in [5.41, 5.74) is 2.88. The Hall–Kier alpha value is -1.83. The predicted molar refractivity (Wildman–Crippen MR) is 116 cm³/mol. The van der Waals surface area contributed by atoms with Gasteiger partial charge in [-0.3, -0.25) is 4.79 Å². The lowest BCUT2D eigenvalue weighted by Crippen LogP contribution is -2.15. The van der Waals surface area contributed by atoms with Crippen LogP contribution in [0.2, 0.25) is 5.02 Å². The number of benzene rings is 1. The number of thiophene rings is 1. The van der Waals surface area contributed by atoms with Crippen LogP contribution in [0.3, 0.4) is 0 Å². The largest absolute Gasteiger partial charge is 0.495 e. The number of anilines is 1. The highest BCUT2D eigenvalue weighted by Gasteiger charge is 2.20. The van der Waals surface area contributed by atoms with Gasteiger partial charge in [0, 0.05) is 21.4 Å². The SMILES string of the molecule is COc1cc(Cl)c(C)cc1NC(=O)CSc1ncnc2sc3c(c12)CCCC3. The van der Waals surface area contributed by atoms with Crippen LogP contribution < -0.4 is 10.1 Å². The number of aryl methyl sites for hydroxylation is 3. The lowest BCUT2D eigenvalue weighted by atomic mass is 9.97. The minimum atomic E-state index is -0.110. The number of ether oxygens (including phenoxy) is 1. The van der Waals surface area contributed by atoms with Gasteiger partial charge in [0.25, 0.3) is 0 Å². The van der Waals surface area contributed by atoms with Crippen molar-refractivity contribution in [3.05, 3.63) is 39.5 Å². The highest BCUT2D eigenvalue weighted by molar-refractivity contribution is 8.00. The molecule has 0 saturated carbocycles. The lowest BCUT2D eigenvalue weighted by molar-refractivity contribution is -0.113. The van der Waals surface area contributed by atoms with Crippen molar-refractivity contribution in [3.8, 4) is 5.75 Å². The highest BCUT2D eigenvalue weighted by atomic mass is 35.5. The molecule has 0 radical (unpaired) electrons. The molecular weight excluding hydrogens is 414 g/mol. The van der Waals surface area contributed by atoms with Gasteiger partial charge in [-0.2, -0.15) is 0 Å². The van der Waals surface area contributed by atoms with Gasteiger partial charge in [-0.15, -0.1) is 11.3 Å². The van der Waals surface area contributed by atoms with Gasteiger partial charge in [0.15, 0.2) is 0 Å². The first-order valence-electron chi connectivity index (χ1n) is 9.09. The number of thioether (sulfide) groups is 1. The summed E-state index contributed by atoms with van der Waals surface area (Å²) in [6, 6.07) is 3.53. The number of nitrogens with one attached hydrogen (secondary N) is 1. The normalized spacial score (nSPS) is 13.4. The predicted octanol–water partition coefficient (Wildman–Crippen LogP) is 5.27. The molecule has 1 aliphatic rings. The Morgan fingerprint density at radius 1 is 1.32 bits per heavy atom. The molecule has 0 fully saturated rings. The van der Waals surface area contributed by atoms with Crippen LogP contribution in [0.1, 0.15) is 28.8 Å². The molecule has 1 aromatic carbocycles. The van der Waals surface area contributed by atoms with Crippen molar-refractivity contribution in [3.63, 3.8) is 0 Å². The lowest BCUT2D eigenvalue weighted by Gasteiger charge is -2.13. The van der Waals surface area contributed by atoms with E-state index >= 15 is 0 Å². The summed E-state index contributed by atoms with van der Waals surface area (Å²) in [6.45, 7) is 1.89. The van der Waals surface area contributed by atoms with Crippen molar-refractivity contribution in [2.75, 3.05) is 18.2 Å². The summed E-state index contributed by atoms with van der Waals surface area (Å²) < 4.78 is 5.33. The molecule has 1 aliphatic carbocycles. The van der Waals surface area contributed by atoms with Gasteiger partial charge < -0.3 is 10.1 Å². The number of hydrogen-bond donors (Lipinski definition) is 1. The van der Waals surface area contributed by atoms with Crippen molar-refractivity contribution in [1.82, 2.24) is 9.97 Å². The van der Waals surface area contributed by atoms with Gasteiger partial charge in [0.2, 0.25) is 5.91 Å². The summed E-state index contributed by atoms with van der Waals surface area (Å²) in [4.78, 5) is 23.9. The monoisotopic (exact) mass is 433 g/mol. The zero-order valence-corrected chi connectivity index (χ0v) is 18.1. The molecule has 2 heterocycles. The maximum atomic E-state index is 12.6. The van der Waals surface area contributed by atoms with Crippen molar-refractivity contribution >= 4 is 56.5 Å². The summed E-state index contributed by atoms with van der Waals surface area (Å²) in [6.07, 6.45) is 6.23. The minimum absolute atomic E-state index is 0.110. The molecule has 146 valence electrons. The van der Waals surface area contributed by atoms with Gasteiger partial charge in [0.05, 0.1) is 18.6 Å². The molecule has 4 rings (SSSR count). The Morgan fingerprint density at radius 2 is 2.14 bits per heavy atom. The average Bonchev–Trinajstić information content (AvgIpc) is 3.08. The van der Waals surface area contributed by atoms with Gasteiger partial charge in [-0.1, -0.05) is 23.4 Å². The van der Waals surface area contributed by atoms with E-state index in [1.165, 1.54) is 35.0 Å². The maximum Gasteiger partial charge on any atom is 0.234 e. The van der Waals surface area contributed by atoms with E-state index in [0.717, 1.165) is 33.6 Å². The van der Waals surface area contributed by atoms with E-state index in [0.29, 0.717) is 16.5 Å². The number of halogens is 1. The highest BCUT2D eigenvalue weighted by Crippen LogP contribution is 2.39. The van der Waals surface area contributed by atoms with E-state index in [1.54, 1.807) is 30.8 Å². The van der Waals surface area contributed by atoms with Crippen LogP contribution in [-0.4, -0.2) is 28.7 Å². The second kappa shape index (κ2) is 8.27. The third-order valence-corrected chi connectivity index (χ3v) is 7.41. The van der Waals surface area contributed by atoms with Crippen LogP contribution in [-0.2, 0) is 17.6 Å². The second-order valence-electron chi connectivity index (χ2n) is 6.71. The molecule has 0 unspecified atom stereocenters. The zero-order chi connectivity index (χ0) is 19.7. The van der Waals surface area contributed by atoms with Gasteiger partial charge in [-0.25, -0.2) is 9.97 Å². The molecule has 5 nitrogen and oxygen atoms in total. The van der Waals surface area contributed by atoms with Crippen molar-refractivity contribution in [2.24, 2.45) is 0 Å². The fourth-order valence-corrected chi connectivity index (χ4v) is 5.69. The molecule has 3 aromatic rings. The zero-order valence-electron chi connectivity index (χ0n) is 15.7. The number of nitrogens with zero attached hydrogens (tertiary/aromatic N) is 2. The molecular formula is C20H20ClN3O2S2. The Kier molecular flexibility index (Phi) is 5.75. The standard InChI is InChI=1S/C20H20ClN3O2S2/c1-11-7-14(15(26-2)8-13(11)21)24-17(25)9-27-19-18-12-5-3-4-6-16(12)28-20(18)23-10-22-19/h7-8,10H,3-6,9H2,1-2H3,(H,24,25). The molecule has 0 bridgehead atoms. The Balaban J connectivity index is 1.52. The molecule has 0 aliphatic heterocycles. The number of aromatic nitrogens is 2. The number of methoxy groups -OCH3 is 1. The van der Waals surface area contributed by atoms with Crippen LogP contribution in [0.5, 0.6) is 5.75 Å². The summed E-state index contributed by atoms with van der Waals surface area (Å²) in [5.74, 6) is 0.702. The fraction of sp³-hybridized carbons (Fsp3) is 0.350. The molecule has 0 spiro atoms. The van der Waals surface area contributed by atoms with E-state index < -0.39 is 0 Å². The number of fused-ring (bicyclic) bond motifs is 3. The summed E-state index contributed by atoms with van der Waals surface area (Å²) in [7, 11) is 1.56. The van der Waals surface area contributed by atoms with Gasteiger partial charge in [0.1, 0.15) is 21.9 Å². The number of carbonyl (C=O) groups excluding carboxylic acids is 1. The van der Waals surface area contributed by atoms with Crippen molar-refractivity contribution in [1.29, 1.82) is 0 Å². The molecule has 8 heteroatoms. The average molecular weight is 434 g/mol. The van der Waals surface area contributed by atoms with Crippen LogP contribution in [0.15, 0.2) is 23.5 Å². The Bertz CT molecular complexity index is 1050. The van der Waals surface area contributed by atoms with E-state index in [4.69, 9.17) is 16.3 Å². The summed E-state index contributed by atoms with van der Waals surface area (Å²) in [5, 5.41) is 5.55. The smallest absolute Gasteiger partial charge is 0.234 e. The van der Waals surface area contributed by atoms with E-state index in [2.05, 4.69) is 15.3 Å². The quantitative estimate of drug-likeness (QED) is 0.438. The van der Waals surface area contributed by atoms with Crippen molar-refractivity contribution < 1.29 is 9.53 Å². The fourth-order valence-electron chi connectivity index (χ4n) is 3.42.